The van der Waals surface area contributed by atoms with Crippen LogP contribution in [-0.4, -0.2) is 72.1 Å². The summed E-state index contributed by atoms with van der Waals surface area (Å²) in [6.07, 6.45) is -0.384. The molecule has 0 saturated carbocycles. The van der Waals surface area contributed by atoms with E-state index in [1.54, 1.807) is 0 Å². The molecule has 0 saturated heterocycles. The van der Waals surface area contributed by atoms with Crippen molar-refractivity contribution in [2.75, 3.05) is 0 Å². The van der Waals surface area contributed by atoms with Gasteiger partial charge < -0.3 is 0 Å². The first-order chi connectivity index (χ1) is 10.6. The Kier molecular flexibility index (Phi) is 9.61. The molecule has 4 unspecified atom stereocenters. The van der Waals surface area contributed by atoms with Crippen molar-refractivity contribution in [3.63, 3.8) is 0 Å². The third-order valence-corrected chi connectivity index (χ3v) is 5.91. The van der Waals surface area contributed by atoms with E-state index in [-0.39, 0.29) is 30.4 Å². The number of ketones is 1. The molecular formula is C12H21N3O7Se. The number of carbonyl (C=O) groups excluding carboxylic acids is 1. The molecule has 9 N–H and O–H groups in total. The van der Waals surface area contributed by atoms with Crippen molar-refractivity contribution in [2.45, 2.75) is 47.5 Å². The monoisotopic (exact) mass is 399 g/mol. The fourth-order valence-corrected chi connectivity index (χ4v) is 4.08. The number of carboxylic acid groups (broad SMARTS) is 3. The molecule has 0 aromatic carbocycles. The molecule has 0 aliphatic rings. The van der Waals surface area contributed by atoms with Crippen molar-refractivity contribution in [1.29, 1.82) is 0 Å². The van der Waals surface area contributed by atoms with Gasteiger partial charge >= 0.3 is 138 Å². The van der Waals surface area contributed by atoms with Gasteiger partial charge in [-0.3, -0.25) is 0 Å². The van der Waals surface area contributed by atoms with E-state index in [1.165, 1.54) is 0 Å². The normalized spacial score (nSPS) is 16.1. The molecule has 11 heteroatoms. The average Bonchev–Trinajstić information content (AvgIpc) is 2.47. The van der Waals surface area contributed by atoms with Crippen LogP contribution in [0.15, 0.2) is 0 Å². The molecule has 0 aromatic heterocycles. The zero-order valence-electron chi connectivity index (χ0n) is 12.3. The van der Waals surface area contributed by atoms with Gasteiger partial charge in [0, 0.05) is 0 Å². The first-order valence-electron chi connectivity index (χ1n) is 6.65. The number of hydrogen-bond acceptors (Lipinski definition) is 7. The van der Waals surface area contributed by atoms with Crippen LogP contribution in [0.1, 0.15) is 19.3 Å². The molecule has 0 heterocycles. The summed E-state index contributed by atoms with van der Waals surface area (Å²) in [5, 5.41) is 26.3. The number of aliphatic carboxylic acids is 3. The zero-order valence-corrected chi connectivity index (χ0v) is 14.0. The summed E-state index contributed by atoms with van der Waals surface area (Å²) in [7, 11) is 0. The van der Waals surface area contributed by atoms with Crippen molar-refractivity contribution in [1.82, 2.24) is 0 Å². The second kappa shape index (κ2) is 10.3. The minimum absolute atomic E-state index is 0.0378. The fraction of sp³-hybridized carbons (Fsp3) is 0.667. The summed E-state index contributed by atoms with van der Waals surface area (Å²) in [6.45, 7) is 0. The van der Waals surface area contributed by atoms with Crippen LogP contribution in [-0.2, 0) is 19.2 Å². The van der Waals surface area contributed by atoms with Gasteiger partial charge in [-0.25, -0.2) is 0 Å². The van der Waals surface area contributed by atoms with Crippen molar-refractivity contribution in [2.24, 2.45) is 17.2 Å². The number of Topliss-reactive ketones (excluding diaryl/α,β-unsaturated/α-hetero) is 1. The third kappa shape index (κ3) is 8.62. The Labute approximate surface area is 138 Å². The van der Waals surface area contributed by atoms with E-state index in [0.29, 0.717) is 0 Å². The van der Waals surface area contributed by atoms with Gasteiger partial charge in [0.15, 0.2) is 0 Å². The zero-order chi connectivity index (χ0) is 18.2. The van der Waals surface area contributed by atoms with E-state index in [9.17, 15) is 19.2 Å². The molecule has 0 aliphatic heterocycles. The number of rotatable bonds is 12. The molecule has 0 aromatic rings. The van der Waals surface area contributed by atoms with Gasteiger partial charge in [-0.2, -0.15) is 0 Å². The first-order valence-corrected chi connectivity index (χ1v) is 8.85. The van der Waals surface area contributed by atoms with Crippen LogP contribution < -0.4 is 17.2 Å². The summed E-state index contributed by atoms with van der Waals surface area (Å²) in [4.78, 5) is 43.5. The Bertz CT molecular complexity index is 460. The molecule has 0 bridgehead atoms. The van der Waals surface area contributed by atoms with Crippen LogP contribution in [0.3, 0.4) is 0 Å². The molecule has 0 spiro atoms. The fourth-order valence-electron chi connectivity index (χ4n) is 1.50. The van der Waals surface area contributed by atoms with Crippen LogP contribution in [0.2, 0.25) is 10.1 Å². The van der Waals surface area contributed by atoms with E-state index in [4.69, 9.17) is 32.5 Å². The van der Waals surface area contributed by atoms with Gasteiger partial charge in [-0.1, -0.05) is 0 Å². The van der Waals surface area contributed by atoms with Gasteiger partial charge in [0.2, 0.25) is 0 Å². The predicted molar refractivity (Wildman–Crippen MR) is 80.0 cm³/mol. The van der Waals surface area contributed by atoms with Crippen LogP contribution >= 0.6 is 0 Å². The number of carboxylic acids is 3. The van der Waals surface area contributed by atoms with Crippen molar-refractivity contribution < 1.29 is 34.5 Å². The Balaban J connectivity index is 4.74. The van der Waals surface area contributed by atoms with Gasteiger partial charge in [0.05, 0.1) is 0 Å². The van der Waals surface area contributed by atoms with Crippen molar-refractivity contribution in [3.05, 3.63) is 0 Å². The van der Waals surface area contributed by atoms with Crippen LogP contribution in [0.5, 0.6) is 0 Å². The Morgan fingerprint density at radius 2 is 1.30 bits per heavy atom. The SMILES string of the molecule is NC(CCC(=O)C(CC(N)C(=O)O)[Se]CC(N)C(=O)O)C(=O)O. The molecule has 0 aliphatic carbocycles. The summed E-state index contributed by atoms with van der Waals surface area (Å²) in [5.74, 6) is -4.11. The first kappa shape index (κ1) is 21.5. The Morgan fingerprint density at radius 3 is 1.74 bits per heavy atom. The van der Waals surface area contributed by atoms with Gasteiger partial charge in [0.25, 0.3) is 0 Å². The molecular weight excluding hydrogens is 377 g/mol. The Morgan fingerprint density at radius 1 is 0.826 bits per heavy atom. The molecule has 4 atom stereocenters. The number of hydrogen-bond donors (Lipinski definition) is 6. The topological polar surface area (TPSA) is 207 Å². The minimum atomic E-state index is -1.27. The maximum absolute atomic E-state index is 12.1. The Hall–Kier alpha value is -1.52. The van der Waals surface area contributed by atoms with Crippen molar-refractivity contribution >= 4 is 38.6 Å². The molecule has 10 nitrogen and oxygen atoms in total. The molecule has 0 amide bonds. The molecule has 23 heavy (non-hydrogen) atoms. The third-order valence-electron chi connectivity index (χ3n) is 2.96. The van der Waals surface area contributed by atoms with E-state index in [0.717, 1.165) is 0 Å². The summed E-state index contributed by atoms with van der Waals surface area (Å²) >= 11 is -0.574. The standard InChI is InChI=1S/C12H21N3O7Se/c13-5(10(17)18)1-2-8(16)9(3-6(14)11(19)20)23-4-7(15)12(21)22/h5-7,9H,1-4,13-15H2,(H,17,18)(H,19,20)(H,21,22). The van der Waals surface area contributed by atoms with Gasteiger partial charge in [0.1, 0.15) is 0 Å². The molecule has 0 fully saturated rings. The number of carbonyl (C=O) groups is 4. The second-order valence-corrected chi connectivity index (χ2v) is 7.49. The van der Waals surface area contributed by atoms with E-state index in [1.807, 2.05) is 0 Å². The number of nitrogens with two attached hydrogens (primary N) is 3. The quantitative estimate of drug-likeness (QED) is 0.197. The average molecular weight is 398 g/mol. The predicted octanol–water partition coefficient (Wildman–Crippen LogP) is -2.13. The maximum atomic E-state index is 12.1. The molecule has 0 rings (SSSR count). The second-order valence-electron chi connectivity index (χ2n) is 4.90. The van der Waals surface area contributed by atoms with E-state index < -0.39 is 55.8 Å². The molecule has 132 valence electrons. The van der Waals surface area contributed by atoms with Crippen LogP contribution in [0, 0.1) is 0 Å². The molecule has 0 radical (unpaired) electrons. The van der Waals surface area contributed by atoms with Crippen LogP contribution in [0.25, 0.3) is 0 Å². The van der Waals surface area contributed by atoms with Gasteiger partial charge in [-0.05, 0) is 0 Å². The van der Waals surface area contributed by atoms with Crippen LogP contribution in [0.4, 0.5) is 0 Å². The van der Waals surface area contributed by atoms with Crippen molar-refractivity contribution in [3.8, 4) is 0 Å². The summed E-state index contributed by atoms with van der Waals surface area (Å²) < 4.78 is 0. The summed E-state index contributed by atoms with van der Waals surface area (Å²) in [5.41, 5.74) is 16.1. The van der Waals surface area contributed by atoms with Gasteiger partial charge in [-0.15, -0.1) is 0 Å². The van der Waals surface area contributed by atoms with E-state index >= 15 is 0 Å². The van der Waals surface area contributed by atoms with E-state index in [2.05, 4.69) is 0 Å². The summed E-state index contributed by atoms with van der Waals surface area (Å²) in [6, 6.07) is -3.60.